The molecule has 0 radical (unpaired) electrons. The number of aliphatic hydroxyl groups excluding tert-OH is 1. The van der Waals surface area contributed by atoms with E-state index in [0.717, 1.165) is 45.4 Å². The minimum atomic E-state index is -0.273. The zero-order chi connectivity index (χ0) is 23.7. The van der Waals surface area contributed by atoms with E-state index in [1.165, 1.54) is 0 Å². The van der Waals surface area contributed by atoms with E-state index in [9.17, 15) is 9.59 Å². The molecule has 7 heteroatoms. The number of nitrogens with zero attached hydrogens (tertiary/aromatic N) is 2. The molecule has 29 heavy (non-hydrogen) atoms. The van der Waals surface area contributed by atoms with Gasteiger partial charge in [-0.1, -0.05) is 34.6 Å². The Morgan fingerprint density at radius 2 is 1.34 bits per heavy atom. The number of rotatable bonds is 10. The second-order valence-electron chi connectivity index (χ2n) is 6.62. The van der Waals surface area contributed by atoms with E-state index in [2.05, 4.69) is 25.5 Å². The molecule has 1 atom stereocenters. The third-order valence-corrected chi connectivity index (χ3v) is 3.62. The zero-order valence-corrected chi connectivity index (χ0v) is 20.9. The summed E-state index contributed by atoms with van der Waals surface area (Å²) in [5.74, 6) is 0.378. The van der Waals surface area contributed by atoms with Crippen LogP contribution in [0.1, 0.15) is 73.6 Å². The Hall–Kier alpha value is -1.18. The third-order valence-electron chi connectivity index (χ3n) is 3.62. The molecule has 0 aliphatic heterocycles. The van der Waals surface area contributed by atoms with Crippen LogP contribution in [0.3, 0.4) is 0 Å². The summed E-state index contributed by atoms with van der Waals surface area (Å²) in [6.07, 6.45) is 4.32. The highest BCUT2D eigenvalue weighted by Gasteiger charge is 2.01. The Morgan fingerprint density at radius 1 is 0.862 bits per heavy atom. The van der Waals surface area contributed by atoms with Crippen molar-refractivity contribution < 1.29 is 24.2 Å². The maximum atomic E-state index is 10.8. The van der Waals surface area contributed by atoms with E-state index in [1.54, 1.807) is 30.9 Å². The number of carbonyl (C=O) groups is 2. The molecule has 0 bridgehead atoms. The quantitative estimate of drug-likeness (QED) is 0.582. The first-order chi connectivity index (χ1) is 13.6. The number of amides is 2. The SMILES string of the molecule is CCC(O)COC.CCCN(C)C(=O)CC.CCCN(C)C(C)=O.CCCOC. The van der Waals surface area contributed by atoms with Gasteiger partial charge in [-0.3, -0.25) is 9.59 Å². The van der Waals surface area contributed by atoms with Crippen LogP contribution in [0, 0.1) is 0 Å². The molecule has 2 amide bonds. The molecule has 0 rings (SSSR count). The summed E-state index contributed by atoms with van der Waals surface area (Å²) in [6.45, 7) is 14.7. The fraction of sp³-hybridized carbons (Fsp3) is 0.909. The molecule has 0 aliphatic carbocycles. The van der Waals surface area contributed by atoms with E-state index in [4.69, 9.17) is 9.84 Å². The molecule has 1 unspecified atom stereocenters. The smallest absolute Gasteiger partial charge is 0.222 e. The molecule has 7 nitrogen and oxygen atoms in total. The van der Waals surface area contributed by atoms with Gasteiger partial charge in [-0.15, -0.1) is 0 Å². The maximum absolute atomic E-state index is 10.8. The van der Waals surface area contributed by atoms with Gasteiger partial charge in [-0.2, -0.15) is 0 Å². The first-order valence-corrected chi connectivity index (χ1v) is 10.7. The maximum Gasteiger partial charge on any atom is 0.222 e. The van der Waals surface area contributed by atoms with Crippen molar-refractivity contribution in [2.45, 2.75) is 79.8 Å². The van der Waals surface area contributed by atoms with Crippen molar-refractivity contribution in [3.05, 3.63) is 0 Å². The topological polar surface area (TPSA) is 79.3 Å². The summed E-state index contributed by atoms with van der Waals surface area (Å²) < 4.78 is 9.34. The Balaban J connectivity index is -0.000000147. The van der Waals surface area contributed by atoms with Gasteiger partial charge >= 0.3 is 0 Å². The third kappa shape index (κ3) is 34.7. The van der Waals surface area contributed by atoms with E-state index in [1.807, 2.05) is 27.9 Å². The van der Waals surface area contributed by atoms with Gasteiger partial charge in [0.1, 0.15) is 0 Å². The van der Waals surface area contributed by atoms with Gasteiger partial charge in [0.05, 0.1) is 12.7 Å². The van der Waals surface area contributed by atoms with E-state index in [0.29, 0.717) is 13.0 Å². The average molecular weight is 423 g/mol. The van der Waals surface area contributed by atoms with Gasteiger partial charge in [0.15, 0.2) is 0 Å². The van der Waals surface area contributed by atoms with Gasteiger partial charge in [0, 0.05) is 61.4 Å². The van der Waals surface area contributed by atoms with Crippen molar-refractivity contribution in [2.24, 2.45) is 0 Å². The lowest BCUT2D eigenvalue weighted by molar-refractivity contribution is -0.129. The normalized spacial score (nSPS) is 10.2. The predicted octanol–water partition coefficient (Wildman–Crippen LogP) is 3.59. The van der Waals surface area contributed by atoms with Crippen molar-refractivity contribution in [3.63, 3.8) is 0 Å². The van der Waals surface area contributed by atoms with Crippen LogP contribution in [0.5, 0.6) is 0 Å². The molecule has 178 valence electrons. The summed E-state index contributed by atoms with van der Waals surface area (Å²) >= 11 is 0. The van der Waals surface area contributed by atoms with Crippen molar-refractivity contribution in [3.8, 4) is 0 Å². The van der Waals surface area contributed by atoms with Crippen molar-refractivity contribution in [1.82, 2.24) is 9.80 Å². The van der Waals surface area contributed by atoms with Crippen molar-refractivity contribution in [1.29, 1.82) is 0 Å². The highest BCUT2D eigenvalue weighted by atomic mass is 16.5. The molecular weight excluding hydrogens is 372 g/mol. The minimum Gasteiger partial charge on any atom is -0.391 e. The molecule has 1 N–H and O–H groups in total. The molecule has 0 saturated heterocycles. The van der Waals surface area contributed by atoms with Crippen LogP contribution in [0.25, 0.3) is 0 Å². The summed E-state index contributed by atoms with van der Waals surface area (Å²) in [4.78, 5) is 24.8. The number of ether oxygens (including phenoxy) is 2. The van der Waals surface area contributed by atoms with Gasteiger partial charge in [-0.25, -0.2) is 0 Å². The highest BCUT2D eigenvalue weighted by molar-refractivity contribution is 5.75. The lowest BCUT2D eigenvalue weighted by Crippen LogP contribution is -2.26. The van der Waals surface area contributed by atoms with E-state index >= 15 is 0 Å². The lowest BCUT2D eigenvalue weighted by Gasteiger charge is -2.13. The largest absolute Gasteiger partial charge is 0.391 e. The summed E-state index contributed by atoms with van der Waals surface area (Å²) in [5, 5.41) is 8.73. The molecule has 0 aromatic heterocycles. The fourth-order valence-electron chi connectivity index (χ4n) is 1.74. The Morgan fingerprint density at radius 3 is 1.52 bits per heavy atom. The summed E-state index contributed by atoms with van der Waals surface area (Å²) in [5.41, 5.74) is 0. The van der Waals surface area contributed by atoms with Crippen LogP contribution in [-0.4, -0.2) is 87.4 Å². The van der Waals surface area contributed by atoms with Crippen LogP contribution in [0.4, 0.5) is 0 Å². The first kappa shape index (κ1) is 35.3. The van der Waals surface area contributed by atoms with E-state index in [-0.39, 0.29) is 17.9 Å². The summed E-state index contributed by atoms with van der Waals surface area (Å²) in [6, 6.07) is 0. The van der Waals surface area contributed by atoms with E-state index < -0.39 is 0 Å². The number of carbonyl (C=O) groups excluding carboxylic acids is 2. The monoisotopic (exact) mass is 422 g/mol. The molecule has 0 fully saturated rings. The molecule has 0 aliphatic rings. The molecule has 0 aromatic carbocycles. The second kappa shape index (κ2) is 29.0. The number of hydrogen-bond donors (Lipinski definition) is 1. The average Bonchev–Trinajstić information content (AvgIpc) is 2.69. The van der Waals surface area contributed by atoms with Crippen LogP contribution >= 0.6 is 0 Å². The minimum absolute atomic E-state index is 0.145. The molecule has 0 heterocycles. The van der Waals surface area contributed by atoms with Gasteiger partial charge in [0.25, 0.3) is 0 Å². The fourth-order valence-corrected chi connectivity index (χ4v) is 1.74. The number of methoxy groups -OCH3 is 2. The predicted molar refractivity (Wildman–Crippen MR) is 122 cm³/mol. The van der Waals surface area contributed by atoms with Gasteiger partial charge in [-0.05, 0) is 25.7 Å². The lowest BCUT2D eigenvalue weighted by atomic mass is 10.3. The Bertz CT molecular complexity index is 339. The number of hydrogen-bond acceptors (Lipinski definition) is 5. The second-order valence-corrected chi connectivity index (χ2v) is 6.62. The van der Waals surface area contributed by atoms with Gasteiger partial charge in [0.2, 0.25) is 11.8 Å². The highest BCUT2D eigenvalue weighted by Crippen LogP contribution is 1.90. The van der Waals surface area contributed by atoms with Gasteiger partial charge < -0.3 is 24.4 Å². The standard InChI is InChI=1S/C7H15NO.C6H13NO.C5H12O2.C4H10O/c1-4-6-8(3)7(9)5-2;1-4-5-7(3)6(2)8;1-3-5(6)4-7-2;1-3-4-5-2/h4-6H2,1-3H3;4-5H2,1-3H3;5-6H,3-4H2,1-2H3;3-4H2,1-2H3. The van der Waals surface area contributed by atoms with Crippen LogP contribution in [0.2, 0.25) is 0 Å². The van der Waals surface area contributed by atoms with Crippen LogP contribution in [-0.2, 0) is 19.1 Å². The van der Waals surface area contributed by atoms with Crippen LogP contribution < -0.4 is 0 Å². The van der Waals surface area contributed by atoms with Crippen molar-refractivity contribution >= 4 is 11.8 Å². The number of aliphatic hydroxyl groups is 1. The first-order valence-electron chi connectivity index (χ1n) is 10.7. The Labute approximate surface area is 180 Å². The van der Waals surface area contributed by atoms with Crippen LogP contribution in [0.15, 0.2) is 0 Å². The summed E-state index contributed by atoms with van der Waals surface area (Å²) in [7, 11) is 6.95. The molecular formula is C22H50N2O5. The molecule has 0 saturated carbocycles. The Kier molecular flexibility index (Phi) is 35.3. The van der Waals surface area contributed by atoms with Crippen molar-refractivity contribution in [2.75, 3.05) is 54.6 Å². The molecule has 0 spiro atoms. The molecule has 0 aromatic rings. The zero-order valence-electron chi connectivity index (χ0n) is 20.9.